The van der Waals surface area contributed by atoms with Crippen molar-refractivity contribution < 1.29 is 32.6 Å². The predicted octanol–water partition coefficient (Wildman–Crippen LogP) is 1.99. The first kappa shape index (κ1) is 16.6. The number of carbonyl (C=O) groups excluding carboxylic acids is 1. The number of thioether (sulfide) groups is 1. The summed E-state index contributed by atoms with van der Waals surface area (Å²) in [6.07, 6.45) is -0.100. The van der Waals surface area contributed by atoms with E-state index in [1.807, 2.05) is 5.32 Å². The van der Waals surface area contributed by atoms with Gasteiger partial charge < -0.3 is 15.2 Å². The molecule has 0 aromatic heterocycles. The average molecular weight is 287 g/mol. The lowest BCUT2D eigenvalue weighted by molar-refractivity contribution is -0.139. The Morgan fingerprint density at radius 1 is 1.50 bits per heavy atom. The van der Waals surface area contributed by atoms with Gasteiger partial charge in [-0.15, -0.1) is 0 Å². The molecule has 2 N–H and O–H groups in total. The second-order valence-electron chi connectivity index (χ2n) is 3.01. The summed E-state index contributed by atoms with van der Waals surface area (Å²) in [6, 6.07) is -1.42. The van der Waals surface area contributed by atoms with Crippen LogP contribution in [0.15, 0.2) is 12.7 Å². The summed E-state index contributed by atoms with van der Waals surface area (Å²) < 4.78 is 39.9. The number of carboxylic acid groups (broad SMARTS) is 1. The SMILES string of the molecule is C=CCOC(=O)N[C@@H](CCSC(F)(F)F)C(=O)O. The molecule has 0 heterocycles. The van der Waals surface area contributed by atoms with Crippen LogP contribution in [0.2, 0.25) is 0 Å². The van der Waals surface area contributed by atoms with Crippen LogP contribution in [0.25, 0.3) is 0 Å². The van der Waals surface area contributed by atoms with Gasteiger partial charge in [-0.3, -0.25) is 0 Å². The van der Waals surface area contributed by atoms with Gasteiger partial charge in [-0.2, -0.15) is 13.2 Å². The van der Waals surface area contributed by atoms with Crippen LogP contribution in [0.5, 0.6) is 0 Å². The maximum absolute atomic E-state index is 11.8. The summed E-state index contributed by atoms with van der Waals surface area (Å²) in [6.45, 7) is 3.16. The second-order valence-corrected chi connectivity index (χ2v) is 4.17. The molecule has 104 valence electrons. The first-order valence-electron chi connectivity index (χ1n) is 4.74. The topological polar surface area (TPSA) is 75.6 Å². The van der Waals surface area contributed by atoms with Gasteiger partial charge in [0.1, 0.15) is 12.6 Å². The van der Waals surface area contributed by atoms with Crippen LogP contribution in [0.1, 0.15) is 6.42 Å². The normalized spacial score (nSPS) is 12.6. The van der Waals surface area contributed by atoms with Gasteiger partial charge in [0.05, 0.1) is 0 Å². The lowest BCUT2D eigenvalue weighted by Crippen LogP contribution is -2.41. The summed E-state index contributed by atoms with van der Waals surface area (Å²) in [7, 11) is 0. The van der Waals surface area contributed by atoms with Crippen molar-refractivity contribution in [2.45, 2.75) is 18.0 Å². The Labute approximate surface area is 105 Å². The summed E-state index contributed by atoms with van der Waals surface area (Å²) >= 11 is -0.347. The standard InChI is InChI=1S/C9H12F3NO4S/c1-2-4-17-8(16)13-6(7(14)15)3-5-18-9(10,11)12/h2,6H,1,3-5H2,(H,13,16)(H,14,15)/t6-/m0/s1. The molecule has 1 atom stereocenters. The minimum absolute atomic E-state index is 0.116. The smallest absolute Gasteiger partial charge is 0.441 e. The number of ether oxygens (including phenoxy) is 1. The van der Waals surface area contributed by atoms with E-state index in [2.05, 4.69) is 11.3 Å². The average Bonchev–Trinajstić information content (AvgIpc) is 2.23. The van der Waals surface area contributed by atoms with E-state index in [9.17, 15) is 22.8 Å². The molecule has 0 saturated heterocycles. The Hall–Kier alpha value is -1.38. The molecule has 0 radical (unpaired) electrons. The molecule has 0 aromatic carbocycles. The second kappa shape index (κ2) is 7.85. The van der Waals surface area contributed by atoms with E-state index in [0.29, 0.717) is 0 Å². The Morgan fingerprint density at radius 3 is 2.56 bits per heavy atom. The number of carbonyl (C=O) groups is 2. The maximum atomic E-state index is 11.8. The van der Waals surface area contributed by atoms with Crippen LogP contribution in [0.3, 0.4) is 0 Å². The number of nitrogens with one attached hydrogen (secondary N) is 1. The van der Waals surface area contributed by atoms with Crippen molar-refractivity contribution in [3.05, 3.63) is 12.7 Å². The molecule has 9 heteroatoms. The number of halogens is 3. The first-order chi connectivity index (χ1) is 8.26. The van der Waals surface area contributed by atoms with Gasteiger partial charge in [0, 0.05) is 5.75 Å². The summed E-state index contributed by atoms with van der Waals surface area (Å²) in [5.41, 5.74) is -4.42. The van der Waals surface area contributed by atoms with Crippen molar-refractivity contribution in [1.82, 2.24) is 5.32 Å². The molecule has 0 aliphatic heterocycles. The quantitative estimate of drug-likeness (QED) is 0.700. The molecule has 18 heavy (non-hydrogen) atoms. The van der Waals surface area contributed by atoms with Crippen LogP contribution in [-0.2, 0) is 9.53 Å². The fraction of sp³-hybridized carbons (Fsp3) is 0.556. The molecule has 0 aliphatic rings. The number of amides is 1. The molecule has 0 spiro atoms. The van der Waals surface area contributed by atoms with Crippen molar-refractivity contribution in [1.29, 1.82) is 0 Å². The third-order valence-corrected chi connectivity index (χ3v) is 2.36. The monoisotopic (exact) mass is 287 g/mol. The number of rotatable bonds is 7. The molecule has 0 aromatic rings. The molecular formula is C9H12F3NO4S. The van der Waals surface area contributed by atoms with Gasteiger partial charge in [-0.25, -0.2) is 9.59 Å². The molecule has 0 saturated carbocycles. The minimum Gasteiger partial charge on any atom is -0.480 e. The fourth-order valence-electron chi connectivity index (χ4n) is 0.868. The minimum atomic E-state index is -4.42. The third-order valence-electron chi connectivity index (χ3n) is 1.59. The van der Waals surface area contributed by atoms with Gasteiger partial charge in [-0.1, -0.05) is 24.4 Å². The van der Waals surface area contributed by atoms with Crippen LogP contribution < -0.4 is 5.32 Å². The van der Waals surface area contributed by atoms with Crippen molar-refractivity contribution in [3.8, 4) is 0 Å². The highest BCUT2D eigenvalue weighted by molar-refractivity contribution is 8.00. The zero-order valence-corrected chi connectivity index (χ0v) is 10.0. The highest BCUT2D eigenvalue weighted by Crippen LogP contribution is 2.30. The molecular weight excluding hydrogens is 275 g/mol. The molecule has 5 nitrogen and oxygen atoms in total. The van der Waals surface area contributed by atoms with E-state index in [0.717, 1.165) is 0 Å². The molecule has 0 fully saturated rings. The molecule has 0 aliphatic carbocycles. The Balaban J connectivity index is 4.11. The van der Waals surface area contributed by atoms with Crippen molar-refractivity contribution in [2.24, 2.45) is 0 Å². The van der Waals surface area contributed by atoms with Crippen LogP contribution in [-0.4, -0.2) is 41.1 Å². The van der Waals surface area contributed by atoms with E-state index < -0.39 is 29.4 Å². The highest BCUT2D eigenvalue weighted by atomic mass is 32.2. The summed E-state index contributed by atoms with van der Waals surface area (Å²) in [5, 5.41) is 10.6. The van der Waals surface area contributed by atoms with E-state index in [1.165, 1.54) is 6.08 Å². The van der Waals surface area contributed by atoms with E-state index in [4.69, 9.17) is 5.11 Å². The van der Waals surface area contributed by atoms with Gasteiger partial charge in [0.15, 0.2) is 0 Å². The first-order valence-corrected chi connectivity index (χ1v) is 5.72. The van der Waals surface area contributed by atoms with Crippen LogP contribution in [0.4, 0.5) is 18.0 Å². The Bertz CT molecular complexity index is 309. The number of hydrogen-bond donors (Lipinski definition) is 2. The highest BCUT2D eigenvalue weighted by Gasteiger charge is 2.29. The lowest BCUT2D eigenvalue weighted by Gasteiger charge is -2.14. The van der Waals surface area contributed by atoms with Gasteiger partial charge in [0.25, 0.3) is 0 Å². The van der Waals surface area contributed by atoms with Gasteiger partial charge in [0.2, 0.25) is 0 Å². The molecule has 0 bridgehead atoms. The lowest BCUT2D eigenvalue weighted by atomic mass is 10.2. The third kappa shape index (κ3) is 8.74. The van der Waals surface area contributed by atoms with E-state index in [-0.39, 0.29) is 24.8 Å². The van der Waals surface area contributed by atoms with E-state index in [1.54, 1.807) is 0 Å². The summed E-state index contributed by atoms with van der Waals surface area (Å²) in [5.74, 6) is -1.89. The number of hydrogen-bond acceptors (Lipinski definition) is 4. The number of alkyl halides is 3. The van der Waals surface area contributed by atoms with Crippen molar-refractivity contribution in [2.75, 3.05) is 12.4 Å². The number of alkyl carbamates (subject to hydrolysis) is 1. The van der Waals surface area contributed by atoms with Crippen LogP contribution >= 0.6 is 11.8 Å². The fourth-order valence-corrected chi connectivity index (χ4v) is 1.45. The van der Waals surface area contributed by atoms with Gasteiger partial charge >= 0.3 is 17.6 Å². The van der Waals surface area contributed by atoms with Crippen molar-refractivity contribution in [3.63, 3.8) is 0 Å². The number of carboxylic acids is 1. The molecule has 0 unspecified atom stereocenters. The molecule has 0 rings (SSSR count). The van der Waals surface area contributed by atoms with Gasteiger partial charge in [-0.05, 0) is 6.42 Å². The molecule has 1 amide bonds. The maximum Gasteiger partial charge on any atom is 0.441 e. The largest absolute Gasteiger partial charge is 0.480 e. The predicted molar refractivity (Wildman–Crippen MR) is 59.2 cm³/mol. The van der Waals surface area contributed by atoms with Crippen LogP contribution in [0, 0.1) is 0 Å². The Kier molecular flexibility index (Phi) is 7.25. The zero-order chi connectivity index (χ0) is 14.2. The summed E-state index contributed by atoms with van der Waals surface area (Å²) in [4.78, 5) is 21.7. The van der Waals surface area contributed by atoms with E-state index >= 15 is 0 Å². The number of aliphatic carboxylic acids is 1. The van der Waals surface area contributed by atoms with Crippen molar-refractivity contribution >= 4 is 23.8 Å². The Morgan fingerprint density at radius 2 is 2.11 bits per heavy atom. The zero-order valence-electron chi connectivity index (χ0n) is 9.20.